The first-order valence-corrected chi connectivity index (χ1v) is 11.8. The summed E-state index contributed by atoms with van der Waals surface area (Å²) in [5.74, 6) is -1.08. The van der Waals surface area contributed by atoms with E-state index in [1.54, 1.807) is 6.07 Å². The van der Waals surface area contributed by atoms with E-state index in [0.29, 0.717) is 18.7 Å². The van der Waals surface area contributed by atoms with Gasteiger partial charge < -0.3 is 25.4 Å². The highest BCUT2D eigenvalue weighted by molar-refractivity contribution is 8.01. The molecule has 0 aliphatic carbocycles. The van der Waals surface area contributed by atoms with Gasteiger partial charge in [-0.1, -0.05) is 11.8 Å². The molecule has 0 radical (unpaired) electrons. The van der Waals surface area contributed by atoms with Crippen molar-refractivity contribution in [3.63, 3.8) is 0 Å². The smallest absolute Gasteiger partial charge is 0.335 e. The number of carbonyl (C=O) groups excluding carboxylic acids is 4. The monoisotopic (exact) mass is 478 g/mol. The Morgan fingerprint density at radius 2 is 2.22 bits per heavy atom. The van der Waals surface area contributed by atoms with Crippen LogP contribution in [0.5, 0.6) is 0 Å². The molecule has 3 heterocycles. The number of thioether (sulfide) groups is 1. The van der Waals surface area contributed by atoms with Gasteiger partial charge in [0.05, 0.1) is 41.6 Å². The number of thiazole rings is 1. The molecule has 170 valence electrons. The minimum absolute atomic E-state index is 0.113. The van der Waals surface area contributed by atoms with E-state index in [2.05, 4.69) is 25.7 Å². The molecule has 2 fully saturated rings. The fourth-order valence-corrected chi connectivity index (χ4v) is 5.42. The highest BCUT2D eigenvalue weighted by Gasteiger charge is 2.32. The van der Waals surface area contributed by atoms with Crippen LogP contribution in [0.1, 0.15) is 12.8 Å². The molecule has 2 aliphatic heterocycles. The second-order valence-corrected chi connectivity index (χ2v) is 9.74. The molecule has 32 heavy (non-hydrogen) atoms. The Morgan fingerprint density at radius 1 is 1.38 bits per heavy atom. The molecule has 2 aromatic rings. The molecule has 1 aromatic carbocycles. The molecule has 3 atom stereocenters. The minimum atomic E-state index is -0.637. The van der Waals surface area contributed by atoms with Crippen molar-refractivity contribution in [1.82, 2.24) is 15.6 Å². The topological polar surface area (TPSA) is 136 Å². The summed E-state index contributed by atoms with van der Waals surface area (Å²) < 4.78 is 11.6. The van der Waals surface area contributed by atoms with Crippen LogP contribution in [-0.4, -0.2) is 66.8 Å². The van der Waals surface area contributed by atoms with E-state index >= 15 is 0 Å². The number of methoxy groups -OCH3 is 1. The molecule has 1 aromatic heterocycles. The van der Waals surface area contributed by atoms with Crippen molar-refractivity contribution in [2.45, 2.75) is 29.3 Å². The molecule has 12 heteroatoms. The Bertz CT molecular complexity index is 1060. The summed E-state index contributed by atoms with van der Waals surface area (Å²) in [6.07, 6.45) is -0.0419. The molecular weight excluding hydrogens is 456 g/mol. The summed E-state index contributed by atoms with van der Waals surface area (Å²) >= 11 is 2.75. The quantitative estimate of drug-likeness (QED) is 0.395. The third-order valence-electron chi connectivity index (χ3n) is 5.14. The summed E-state index contributed by atoms with van der Waals surface area (Å²) in [6.45, 7) is 0.629. The van der Waals surface area contributed by atoms with E-state index in [-0.39, 0.29) is 48.5 Å². The molecule has 0 saturated carbocycles. The number of aromatic nitrogens is 1. The van der Waals surface area contributed by atoms with Gasteiger partial charge in [-0.2, -0.15) is 0 Å². The van der Waals surface area contributed by atoms with E-state index < -0.39 is 12.1 Å². The average Bonchev–Trinajstić information content (AvgIpc) is 3.51. The molecule has 3 N–H and O–H groups in total. The number of rotatable bonds is 7. The molecule has 0 spiro atoms. The Kier molecular flexibility index (Phi) is 6.92. The molecular formula is C20H22N4O6S2. The molecule has 2 saturated heterocycles. The van der Waals surface area contributed by atoms with E-state index in [1.807, 2.05) is 12.1 Å². The SMILES string of the molecule is COC(=O)[C@@H]1C[C@H](NC(=O)CSc2nc3ccc(NC(=O)[C@@H]4CNC(=O)C4)cc3s2)CO1. The van der Waals surface area contributed by atoms with E-state index in [0.717, 1.165) is 14.6 Å². The molecule has 3 amide bonds. The second-order valence-electron chi connectivity index (χ2n) is 7.49. The van der Waals surface area contributed by atoms with Crippen LogP contribution in [-0.2, 0) is 28.7 Å². The zero-order valence-electron chi connectivity index (χ0n) is 17.2. The van der Waals surface area contributed by atoms with Crippen molar-refractivity contribution in [3.05, 3.63) is 18.2 Å². The van der Waals surface area contributed by atoms with Gasteiger partial charge in [0.25, 0.3) is 0 Å². The van der Waals surface area contributed by atoms with Crippen molar-refractivity contribution >= 4 is 62.7 Å². The van der Waals surface area contributed by atoms with Crippen LogP contribution in [0, 0.1) is 5.92 Å². The number of esters is 1. The lowest BCUT2D eigenvalue weighted by Crippen LogP contribution is -2.36. The summed E-state index contributed by atoms with van der Waals surface area (Å²) in [7, 11) is 1.30. The zero-order chi connectivity index (χ0) is 22.7. The predicted octanol–water partition coefficient (Wildman–Crippen LogP) is 0.910. The van der Waals surface area contributed by atoms with Crippen LogP contribution >= 0.6 is 23.1 Å². The van der Waals surface area contributed by atoms with Gasteiger partial charge in [0.15, 0.2) is 10.4 Å². The largest absolute Gasteiger partial charge is 0.467 e. The average molecular weight is 479 g/mol. The number of fused-ring (bicyclic) bond motifs is 1. The van der Waals surface area contributed by atoms with Gasteiger partial charge in [-0.3, -0.25) is 14.4 Å². The minimum Gasteiger partial charge on any atom is -0.467 e. The summed E-state index contributed by atoms with van der Waals surface area (Å²) in [5, 5.41) is 8.36. The van der Waals surface area contributed by atoms with Crippen molar-refractivity contribution < 1.29 is 28.7 Å². The highest BCUT2D eigenvalue weighted by atomic mass is 32.2. The molecule has 4 rings (SSSR count). The maximum Gasteiger partial charge on any atom is 0.335 e. The molecule has 0 bridgehead atoms. The lowest BCUT2D eigenvalue weighted by atomic mass is 10.1. The normalized spacial score (nSPS) is 22.5. The van der Waals surface area contributed by atoms with E-state index in [4.69, 9.17) is 4.74 Å². The Labute approximate surface area is 191 Å². The third-order valence-corrected chi connectivity index (χ3v) is 7.30. The van der Waals surface area contributed by atoms with Crippen LogP contribution in [0.4, 0.5) is 5.69 Å². The maximum absolute atomic E-state index is 12.3. The van der Waals surface area contributed by atoms with Crippen LogP contribution in [0.25, 0.3) is 10.2 Å². The van der Waals surface area contributed by atoms with E-state index in [9.17, 15) is 19.2 Å². The fourth-order valence-electron chi connectivity index (χ4n) is 3.50. The first-order chi connectivity index (χ1) is 15.4. The fraction of sp³-hybridized carbons (Fsp3) is 0.450. The molecule has 10 nitrogen and oxygen atoms in total. The van der Waals surface area contributed by atoms with Gasteiger partial charge in [-0.05, 0) is 18.2 Å². The van der Waals surface area contributed by atoms with Crippen LogP contribution in [0.2, 0.25) is 0 Å². The summed E-state index contributed by atoms with van der Waals surface area (Å²) in [6, 6.07) is 5.19. The van der Waals surface area contributed by atoms with Gasteiger partial charge in [0.1, 0.15) is 0 Å². The third kappa shape index (κ3) is 5.37. The van der Waals surface area contributed by atoms with Crippen molar-refractivity contribution in [2.24, 2.45) is 5.92 Å². The maximum atomic E-state index is 12.3. The summed E-state index contributed by atoms with van der Waals surface area (Å²) in [4.78, 5) is 51.9. The highest BCUT2D eigenvalue weighted by Crippen LogP contribution is 2.31. The summed E-state index contributed by atoms with van der Waals surface area (Å²) in [5.41, 5.74) is 1.42. The first-order valence-electron chi connectivity index (χ1n) is 10.0. The molecule has 0 unspecified atom stereocenters. The lowest BCUT2D eigenvalue weighted by molar-refractivity contribution is -0.151. The number of hydrogen-bond donors (Lipinski definition) is 3. The Balaban J connectivity index is 1.28. The van der Waals surface area contributed by atoms with Crippen molar-refractivity contribution in [1.29, 1.82) is 0 Å². The second kappa shape index (κ2) is 9.84. The van der Waals surface area contributed by atoms with Gasteiger partial charge >= 0.3 is 5.97 Å². The Morgan fingerprint density at radius 3 is 2.97 bits per heavy atom. The van der Waals surface area contributed by atoms with Crippen molar-refractivity contribution in [3.8, 4) is 0 Å². The standard InChI is InChI=1S/C20H22N4O6S2/c1-29-19(28)14-5-12(8-30-14)22-17(26)9-31-20-24-13-3-2-11(6-15(13)32-20)23-18(27)10-4-16(25)21-7-10/h2-3,6,10,12,14H,4-5,7-9H2,1H3,(H,21,25)(H,22,26)(H,23,27)/t10-,12-,14-/m0/s1. The van der Waals surface area contributed by atoms with Gasteiger partial charge in [-0.15, -0.1) is 11.3 Å². The number of hydrogen-bond acceptors (Lipinski definition) is 9. The van der Waals surface area contributed by atoms with E-state index in [1.165, 1.54) is 30.2 Å². The lowest BCUT2D eigenvalue weighted by Gasteiger charge is -2.10. The number of nitrogens with zero attached hydrogens (tertiary/aromatic N) is 1. The van der Waals surface area contributed by atoms with Crippen LogP contribution in [0.3, 0.4) is 0 Å². The van der Waals surface area contributed by atoms with Gasteiger partial charge in [-0.25, -0.2) is 9.78 Å². The predicted molar refractivity (Wildman–Crippen MR) is 118 cm³/mol. The number of amides is 3. The molecule has 2 aliphatic rings. The van der Waals surface area contributed by atoms with Gasteiger partial charge in [0.2, 0.25) is 17.7 Å². The van der Waals surface area contributed by atoms with Gasteiger partial charge in [0, 0.05) is 25.1 Å². The zero-order valence-corrected chi connectivity index (χ0v) is 18.8. The number of anilines is 1. The number of nitrogens with one attached hydrogen (secondary N) is 3. The first kappa shape index (κ1) is 22.5. The number of ether oxygens (including phenoxy) is 2. The van der Waals surface area contributed by atoms with Crippen LogP contribution < -0.4 is 16.0 Å². The van der Waals surface area contributed by atoms with Crippen LogP contribution in [0.15, 0.2) is 22.5 Å². The number of carbonyl (C=O) groups is 4. The Hall–Kier alpha value is -2.70. The number of benzene rings is 1. The van der Waals surface area contributed by atoms with Crippen molar-refractivity contribution in [2.75, 3.05) is 31.3 Å².